The lowest BCUT2D eigenvalue weighted by atomic mass is 10.1. The summed E-state index contributed by atoms with van der Waals surface area (Å²) in [5.74, 6) is 0. The van der Waals surface area contributed by atoms with E-state index in [2.05, 4.69) is 15.6 Å². The predicted octanol–water partition coefficient (Wildman–Crippen LogP) is 2.45. The third-order valence-corrected chi connectivity index (χ3v) is 3.41. The van der Waals surface area contributed by atoms with Crippen LogP contribution in [0.1, 0.15) is 16.8 Å². The second-order valence-electron chi connectivity index (χ2n) is 4.57. The summed E-state index contributed by atoms with van der Waals surface area (Å²) >= 11 is 0. The number of pyridine rings is 1. The molecule has 4 heteroatoms. The highest BCUT2D eigenvalue weighted by Gasteiger charge is 2.08. The van der Waals surface area contributed by atoms with Crippen LogP contribution in [0.2, 0.25) is 0 Å². The number of aromatic nitrogens is 2. The predicted molar refractivity (Wildman–Crippen MR) is 75.9 cm³/mol. The van der Waals surface area contributed by atoms with Gasteiger partial charge in [0.25, 0.3) is 0 Å². The molecule has 2 heterocycles. The van der Waals surface area contributed by atoms with E-state index < -0.39 is 0 Å². The molecule has 2 aromatic heterocycles. The van der Waals surface area contributed by atoms with E-state index in [1.165, 1.54) is 0 Å². The van der Waals surface area contributed by atoms with Crippen LogP contribution in [0.25, 0.3) is 10.9 Å². The van der Waals surface area contributed by atoms with E-state index >= 15 is 0 Å². The van der Waals surface area contributed by atoms with Gasteiger partial charge in [0, 0.05) is 28.9 Å². The molecule has 0 atom stereocenters. The standard InChI is InChI=1S/C16H13N3O/c17-9-15-12(4-2-7-18-15)10-19-8-6-14-13(11-20)3-1-5-16(14)19/h1-8,20H,10-11H2. The second kappa shape index (κ2) is 5.16. The fourth-order valence-corrected chi connectivity index (χ4v) is 2.41. The van der Waals surface area contributed by atoms with E-state index in [0.29, 0.717) is 12.2 Å². The summed E-state index contributed by atoms with van der Waals surface area (Å²) in [5, 5.41) is 19.5. The number of hydrogen-bond donors (Lipinski definition) is 1. The fourth-order valence-electron chi connectivity index (χ4n) is 2.41. The second-order valence-corrected chi connectivity index (χ2v) is 4.57. The molecule has 4 nitrogen and oxygen atoms in total. The number of hydrogen-bond acceptors (Lipinski definition) is 3. The molecule has 0 saturated carbocycles. The average molecular weight is 263 g/mol. The minimum Gasteiger partial charge on any atom is -0.392 e. The zero-order valence-corrected chi connectivity index (χ0v) is 10.8. The summed E-state index contributed by atoms with van der Waals surface area (Å²) in [6.07, 6.45) is 3.59. The zero-order chi connectivity index (χ0) is 13.9. The number of fused-ring (bicyclic) bond motifs is 1. The molecule has 0 aliphatic carbocycles. The molecular formula is C16H13N3O. The van der Waals surface area contributed by atoms with Crippen LogP contribution in [-0.4, -0.2) is 14.7 Å². The van der Waals surface area contributed by atoms with E-state index in [1.807, 2.05) is 42.6 Å². The summed E-state index contributed by atoms with van der Waals surface area (Å²) in [4.78, 5) is 4.08. The maximum atomic E-state index is 9.35. The number of rotatable bonds is 3. The van der Waals surface area contributed by atoms with E-state index in [4.69, 9.17) is 5.26 Å². The van der Waals surface area contributed by atoms with Gasteiger partial charge in [-0.05, 0) is 23.8 Å². The van der Waals surface area contributed by atoms with Crippen LogP contribution in [0, 0.1) is 11.3 Å². The Balaban J connectivity index is 2.06. The van der Waals surface area contributed by atoms with Gasteiger partial charge in [0.05, 0.1) is 13.2 Å². The topological polar surface area (TPSA) is 61.8 Å². The van der Waals surface area contributed by atoms with Crippen LogP contribution < -0.4 is 0 Å². The van der Waals surface area contributed by atoms with Crippen LogP contribution in [0.15, 0.2) is 48.8 Å². The van der Waals surface area contributed by atoms with Crippen LogP contribution in [0.3, 0.4) is 0 Å². The van der Waals surface area contributed by atoms with Gasteiger partial charge in [-0.2, -0.15) is 5.26 Å². The molecule has 0 spiro atoms. The summed E-state index contributed by atoms with van der Waals surface area (Å²) in [6.45, 7) is 0.618. The Labute approximate surface area is 116 Å². The summed E-state index contributed by atoms with van der Waals surface area (Å²) in [6, 6.07) is 13.7. The van der Waals surface area contributed by atoms with Gasteiger partial charge < -0.3 is 9.67 Å². The molecule has 0 aliphatic heterocycles. The van der Waals surface area contributed by atoms with Crippen molar-refractivity contribution in [1.82, 2.24) is 9.55 Å². The number of nitrogens with zero attached hydrogens (tertiary/aromatic N) is 3. The van der Waals surface area contributed by atoms with Crippen molar-refractivity contribution in [3.8, 4) is 6.07 Å². The molecule has 0 aliphatic rings. The first kappa shape index (κ1) is 12.4. The Hall–Kier alpha value is -2.64. The Kier molecular flexibility index (Phi) is 3.20. The maximum Gasteiger partial charge on any atom is 0.145 e. The van der Waals surface area contributed by atoms with Crippen molar-refractivity contribution >= 4 is 10.9 Å². The van der Waals surface area contributed by atoms with Gasteiger partial charge in [-0.15, -0.1) is 0 Å². The Morgan fingerprint density at radius 1 is 1.15 bits per heavy atom. The maximum absolute atomic E-state index is 9.35. The third kappa shape index (κ3) is 2.04. The first-order valence-electron chi connectivity index (χ1n) is 6.35. The van der Waals surface area contributed by atoms with E-state index in [9.17, 15) is 5.11 Å². The molecule has 0 bridgehead atoms. The minimum atomic E-state index is 0.0255. The molecule has 98 valence electrons. The normalized spacial score (nSPS) is 10.6. The molecular weight excluding hydrogens is 250 g/mol. The molecule has 1 N–H and O–H groups in total. The molecule has 20 heavy (non-hydrogen) atoms. The van der Waals surface area contributed by atoms with Crippen LogP contribution in [0.5, 0.6) is 0 Å². The molecule has 1 aromatic carbocycles. The van der Waals surface area contributed by atoms with Crippen molar-refractivity contribution in [2.24, 2.45) is 0 Å². The zero-order valence-electron chi connectivity index (χ0n) is 10.8. The Morgan fingerprint density at radius 2 is 2.00 bits per heavy atom. The van der Waals surface area contributed by atoms with Crippen LogP contribution >= 0.6 is 0 Å². The lowest BCUT2D eigenvalue weighted by Gasteiger charge is -2.07. The van der Waals surface area contributed by atoms with Crippen LogP contribution in [-0.2, 0) is 13.2 Å². The van der Waals surface area contributed by atoms with Gasteiger partial charge in [-0.25, -0.2) is 4.98 Å². The van der Waals surface area contributed by atoms with Crippen LogP contribution in [0.4, 0.5) is 0 Å². The molecule has 3 rings (SSSR count). The third-order valence-electron chi connectivity index (χ3n) is 3.41. The van der Waals surface area contributed by atoms with E-state index in [0.717, 1.165) is 22.0 Å². The smallest absolute Gasteiger partial charge is 0.145 e. The van der Waals surface area contributed by atoms with Crippen molar-refractivity contribution in [1.29, 1.82) is 5.26 Å². The average Bonchev–Trinajstić information content (AvgIpc) is 2.91. The number of aliphatic hydroxyl groups excluding tert-OH is 1. The molecule has 0 unspecified atom stereocenters. The SMILES string of the molecule is N#Cc1ncccc1Cn1ccc2c(CO)cccc21. The molecule has 0 saturated heterocycles. The lowest BCUT2D eigenvalue weighted by Crippen LogP contribution is -2.01. The van der Waals surface area contributed by atoms with Gasteiger partial charge in [0.2, 0.25) is 0 Å². The summed E-state index contributed by atoms with van der Waals surface area (Å²) in [7, 11) is 0. The Bertz CT molecular complexity index is 799. The molecule has 0 amide bonds. The van der Waals surface area contributed by atoms with E-state index in [1.54, 1.807) is 6.20 Å². The number of aliphatic hydroxyl groups is 1. The Morgan fingerprint density at radius 3 is 2.80 bits per heavy atom. The number of benzene rings is 1. The molecule has 0 fully saturated rings. The van der Waals surface area contributed by atoms with Crippen molar-refractivity contribution < 1.29 is 5.11 Å². The van der Waals surface area contributed by atoms with Crippen molar-refractivity contribution in [2.75, 3.05) is 0 Å². The highest BCUT2D eigenvalue weighted by molar-refractivity contribution is 5.83. The lowest BCUT2D eigenvalue weighted by molar-refractivity contribution is 0.283. The highest BCUT2D eigenvalue weighted by Crippen LogP contribution is 2.21. The van der Waals surface area contributed by atoms with Gasteiger partial charge in [0.1, 0.15) is 11.8 Å². The monoisotopic (exact) mass is 263 g/mol. The first-order chi connectivity index (χ1) is 9.83. The fraction of sp³-hybridized carbons (Fsp3) is 0.125. The van der Waals surface area contributed by atoms with Crippen molar-refractivity contribution in [3.63, 3.8) is 0 Å². The van der Waals surface area contributed by atoms with E-state index in [-0.39, 0.29) is 6.61 Å². The van der Waals surface area contributed by atoms with Crippen molar-refractivity contribution in [3.05, 3.63) is 65.6 Å². The minimum absolute atomic E-state index is 0.0255. The quantitative estimate of drug-likeness (QED) is 0.789. The summed E-state index contributed by atoms with van der Waals surface area (Å²) < 4.78 is 2.06. The summed E-state index contributed by atoms with van der Waals surface area (Å²) in [5.41, 5.74) is 3.30. The van der Waals surface area contributed by atoms with Gasteiger partial charge in [0.15, 0.2) is 0 Å². The van der Waals surface area contributed by atoms with Gasteiger partial charge in [-0.1, -0.05) is 18.2 Å². The highest BCUT2D eigenvalue weighted by atomic mass is 16.3. The van der Waals surface area contributed by atoms with Crippen molar-refractivity contribution in [2.45, 2.75) is 13.2 Å². The largest absolute Gasteiger partial charge is 0.392 e. The first-order valence-corrected chi connectivity index (χ1v) is 6.35. The van der Waals surface area contributed by atoms with Gasteiger partial charge in [-0.3, -0.25) is 0 Å². The molecule has 3 aromatic rings. The number of nitriles is 1. The molecule has 0 radical (unpaired) electrons. The van der Waals surface area contributed by atoms with Gasteiger partial charge >= 0.3 is 0 Å².